The number of carboxylic acid groups (broad SMARTS) is 1. The van der Waals surface area contributed by atoms with Crippen LogP contribution in [0, 0.1) is 6.92 Å². The number of methoxy groups -OCH3 is 1. The molecule has 1 aliphatic heterocycles. The van der Waals surface area contributed by atoms with Gasteiger partial charge in [0.25, 0.3) is 5.91 Å². The van der Waals surface area contributed by atoms with Crippen LogP contribution >= 0.6 is 0 Å². The van der Waals surface area contributed by atoms with Gasteiger partial charge in [0, 0.05) is 30.2 Å². The third kappa shape index (κ3) is 3.32. The maximum absolute atomic E-state index is 13.1. The molecule has 0 bridgehead atoms. The van der Waals surface area contributed by atoms with Crippen LogP contribution in [-0.2, 0) is 9.53 Å². The minimum atomic E-state index is -1.05. The molecule has 0 aliphatic carbocycles. The Labute approximate surface area is 145 Å². The minimum Gasteiger partial charge on any atom is -0.493 e. The van der Waals surface area contributed by atoms with E-state index in [2.05, 4.69) is 0 Å². The van der Waals surface area contributed by atoms with E-state index >= 15 is 0 Å². The molecule has 1 aromatic heterocycles. The number of benzene rings is 1. The van der Waals surface area contributed by atoms with Gasteiger partial charge in [0.1, 0.15) is 6.54 Å². The van der Waals surface area contributed by atoms with Crippen LogP contribution in [0.25, 0.3) is 11.0 Å². The molecule has 1 saturated heterocycles. The summed E-state index contributed by atoms with van der Waals surface area (Å²) in [6.45, 7) is 2.46. The Kier molecular flexibility index (Phi) is 4.94. The number of hydrogen-bond donors (Lipinski definition) is 1. The first kappa shape index (κ1) is 17.3. The molecule has 1 N–H and O–H groups in total. The molecule has 7 heteroatoms. The third-order valence-electron chi connectivity index (χ3n) is 4.54. The van der Waals surface area contributed by atoms with Crippen molar-refractivity contribution in [2.45, 2.75) is 25.8 Å². The lowest BCUT2D eigenvalue weighted by Gasteiger charge is -2.32. The zero-order valence-corrected chi connectivity index (χ0v) is 14.3. The highest BCUT2D eigenvalue weighted by molar-refractivity contribution is 6.01. The van der Waals surface area contributed by atoms with Gasteiger partial charge in [-0.25, -0.2) is 0 Å². The average molecular weight is 347 g/mol. The smallest absolute Gasteiger partial charge is 0.323 e. The van der Waals surface area contributed by atoms with Gasteiger partial charge in [-0.05, 0) is 25.8 Å². The summed E-state index contributed by atoms with van der Waals surface area (Å²) in [4.78, 5) is 25.7. The summed E-state index contributed by atoms with van der Waals surface area (Å²) >= 11 is 0. The molecule has 0 atom stereocenters. The van der Waals surface area contributed by atoms with Crippen LogP contribution in [0.2, 0.25) is 0 Å². The minimum absolute atomic E-state index is 0.159. The first-order chi connectivity index (χ1) is 12.0. The first-order valence-corrected chi connectivity index (χ1v) is 8.19. The molecule has 1 aromatic carbocycles. The summed E-state index contributed by atoms with van der Waals surface area (Å²) in [5.41, 5.74) is 1.18. The lowest BCUT2D eigenvalue weighted by Crippen LogP contribution is -2.46. The summed E-state index contributed by atoms with van der Waals surface area (Å²) < 4.78 is 16.4. The topological polar surface area (TPSA) is 89.2 Å². The van der Waals surface area contributed by atoms with E-state index < -0.39 is 11.9 Å². The van der Waals surface area contributed by atoms with E-state index in [1.165, 1.54) is 12.0 Å². The predicted octanol–water partition coefficient (Wildman–Crippen LogP) is 2.46. The van der Waals surface area contributed by atoms with Gasteiger partial charge in [-0.3, -0.25) is 9.59 Å². The zero-order valence-electron chi connectivity index (χ0n) is 14.3. The second-order valence-electron chi connectivity index (χ2n) is 6.06. The number of ether oxygens (including phenoxy) is 2. The number of fused-ring (bicyclic) bond motifs is 1. The second-order valence-corrected chi connectivity index (χ2v) is 6.06. The molecule has 0 radical (unpaired) electrons. The highest BCUT2D eigenvalue weighted by atomic mass is 16.5. The number of carbonyl (C=O) groups excluding carboxylic acids is 1. The number of carboxylic acids is 1. The largest absolute Gasteiger partial charge is 0.493 e. The Hall–Kier alpha value is -2.54. The van der Waals surface area contributed by atoms with E-state index in [-0.39, 0.29) is 18.3 Å². The van der Waals surface area contributed by atoms with Crippen molar-refractivity contribution in [3.8, 4) is 5.75 Å². The quantitative estimate of drug-likeness (QED) is 0.894. The van der Waals surface area contributed by atoms with E-state index in [4.69, 9.17) is 13.9 Å². The van der Waals surface area contributed by atoms with Gasteiger partial charge in [0.15, 0.2) is 17.1 Å². The molecular weight excluding hydrogens is 326 g/mol. The van der Waals surface area contributed by atoms with Crippen molar-refractivity contribution >= 4 is 22.8 Å². The number of aryl methyl sites for hydroxylation is 1. The summed E-state index contributed by atoms with van der Waals surface area (Å²) in [5.74, 6) is -0.765. The number of nitrogens with zero attached hydrogens (tertiary/aromatic N) is 1. The van der Waals surface area contributed by atoms with Gasteiger partial charge < -0.3 is 23.9 Å². The van der Waals surface area contributed by atoms with Crippen LogP contribution in [0.3, 0.4) is 0 Å². The highest BCUT2D eigenvalue weighted by Crippen LogP contribution is 2.33. The van der Waals surface area contributed by atoms with E-state index in [9.17, 15) is 14.7 Å². The SMILES string of the molecule is COc1cccc2c(C)c(C(=O)N(CC(=O)O)C3CCOCC3)oc12. The summed E-state index contributed by atoms with van der Waals surface area (Å²) in [6, 6.07) is 5.26. The average Bonchev–Trinajstić information content (AvgIpc) is 2.97. The van der Waals surface area contributed by atoms with Gasteiger partial charge in [0.2, 0.25) is 0 Å². The van der Waals surface area contributed by atoms with Crippen molar-refractivity contribution in [2.75, 3.05) is 26.9 Å². The lowest BCUT2D eigenvalue weighted by atomic mass is 10.1. The van der Waals surface area contributed by atoms with E-state index in [0.29, 0.717) is 43.0 Å². The summed E-state index contributed by atoms with van der Waals surface area (Å²) in [5, 5.41) is 10.0. The van der Waals surface area contributed by atoms with Crippen molar-refractivity contribution in [3.63, 3.8) is 0 Å². The van der Waals surface area contributed by atoms with Crippen molar-refractivity contribution in [2.24, 2.45) is 0 Å². The van der Waals surface area contributed by atoms with Crippen molar-refractivity contribution in [1.29, 1.82) is 0 Å². The van der Waals surface area contributed by atoms with Crippen LogP contribution in [-0.4, -0.2) is 54.8 Å². The van der Waals surface area contributed by atoms with Crippen LogP contribution in [0.5, 0.6) is 5.75 Å². The number of aliphatic carboxylic acids is 1. The molecule has 25 heavy (non-hydrogen) atoms. The van der Waals surface area contributed by atoms with E-state index in [1.54, 1.807) is 13.0 Å². The monoisotopic (exact) mass is 347 g/mol. The zero-order chi connectivity index (χ0) is 18.0. The van der Waals surface area contributed by atoms with Crippen LogP contribution in [0.4, 0.5) is 0 Å². The summed E-state index contributed by atoms with van der Waals surface area (Å²) in [6.07, 6.45) is 1.23. The molecule has 2 heterocycles. The third-order valence-corrected chi connectivity index (χ3v) is 4.54. The number of para-hydroxylation sites is 1. The Bertz CT molecular complexity index is 790. The van der Waals surface area contributed by atoms with Crippen LogP contribution < -0.4 is 4.74 Å². The maximum atomic E-state index is 13.1. The highest BCUT2D eigenvalue weighted by Gasteiger charge is 2.32. The van der Waals surface area contributed by atoms with Gasteiger partial charge in [-0.2, -0.15) is 0 Å². The van der Waals surface area contributed by atoms with Crippen LogP contribution in [0.15, 0.2) is 22.6 Å². The molecule has 1 aliphatic rings. The van der Waals surface area contributed by atoms with E-state index in [1.807, 2.05) is 12.1 Å². The molecule has 1 fully saturated rings. The number of furan rings is 1. The Balaban J connectivity index is 2.00. The standard InChI is InChI=1S/C18H21NO6/c1-11-13-4-3-5-14(23-2)17(13)25-16(11)18(22)19(10-15(20)21)12-6-8-24-9-7-12/h3-5,12H,6-10H2,1-2H3,(H,20,21). The Morgan fingerprint density at radius 3 is 2.68 bits per heavy atom. The molecule has 0 spiro atoms. The fourth-order valence-corrected chi connectivity index (χ4v) is 3.22. The maximum Gasteiger partial charge on any atom is 0.323 e. The number of rotatable bonds is 5. The van der Waals surface area contributed by atoms with Gasteiger partial charge >= 0.3 is 5.97 Å². The molecular formula is C18H21NO6. The second kappa shape index (κ2) is 7.14. The van der Waals surface area contributed by atoms with Gasteiger partial charge in [-0.1, -0.05) is 12.1 Å². The van der Waals surface area contributed by atoms with Crippen LogP contribution in [0.1, 0.15) is 29.0 Å². The van der Waals surface area contributed by atoms with Crippen molar-refractivity contribution in [3.05, 3.63) is 29.5 Å². The molecule has 2 aromatic rings. The fraction of sp³-hybridized carbons (Fsp3) is 0.444. The molecule has 134 valence electrons. The molecule has 0 saturated carbocycles. The predicted molar refractivity (Wildman–Crippen MR) is 90.0 cm³/mol. The molecule has 7 nitrogen and oxygen atoms in total. The number of carbonyl (C=O) groups is 2. The summed E-state index contributed by atoms with van der Waals surface area (Å²) in [7, 11) is 1.53. The number of hydrogen-bond acceptors (Lipinski definition) is 5. The fourth-order valence-electron chi connectivity index (χ4n) is 3.22. The Morgan fingerprint density at radius 1 is 1.32 bits per heavy atom. The van der Waals surface area contributed by atoms with Gasteiger partial charge in [0.05, 0.1) is 7.11 Å². The Morgan fingerprint density at radius 2 is 2.04 bits per heavy atom. The molecule has 1 amide bonds. The molecule has 3 rings (SSSR count). The van der Waals surface area contributed by atoms with Crippen molar-refractivity contribution in [1.82, 2.24) is 4.90 Å². The van der Waals surface area contributed by atoms with Gasteiger partial charge in [-0.15, -0.1) is 0 Å². The normalized spacial score (nSPS) is 15.3. The number of amides is 1. The molecule has 0 unspecified atom stereocenters. The lowest BCUT2D eigenvalue weighted by molar-refractivity contribution is -0.138. The van der Waals surface area contributed by atoms with Crippen molar-refractivity contribution < 1.29 is 28.6 Å². The van der Waals surface area contributed by atoms with E-state index in [0.717, 1.165) is 5.39 Å². The first-order valence-electron chi connectivity index (χ1n) is 8.19.